The van der Waals surface area contributed by atoms with Crippen LogP contribution in [0.2, 0.25) is 0 Å². The number of nitrogens with one attached hydrogen (secondary N) is 1. The predicted molar refractivity (Wildman–Crippen MR) is 242 cm³/mol. The van der Waals surface area contributed by atoms with E-state index >= 15 is 0 Å². The number of benzene rings is 2. The maximum Gasteiger partial charge on any atom is 0.523 e. The molecule has 0 saturated heterocycles. The van der Waals surface area contributed by atoms with Gasteiger partial charge in [0.2, 0.25) is 20.0 Å². The smallest absolute Gasteiger partial charge is 0.415 e. The van der Waals surface area contributed by atoms with Crippen molar-refractivity contribution >= 4 is 30.2 Å². The van der Waals surface area contributed by atoms with Gasteiger partial charge in [0.05, 0.1) is 28.2 Å². The first-order chi connectivity index (χ1) is 34.9. The number of hydrogen-bond donors (Lipinski definition) is 1. The van der Waals surface area contributed by atoms with Crippen LogP contribution in [0.15, 0.2) is 82.2 Å². The molecule has 402 valence electrons. The first-order valence-corrected chi connectivity index (χ1v) is 26.7. The van der Waals surface area contributed by atoms with Crippen LogP contribution in [-0.2, 0) is 47.2 Å². The number of halogens is 9. The van der Waals surface area contributed by atoms with E-state index in [0.29, 0.717) is 43.9 Å². The molecule has 19 nitrogen and oxygen atoms in total. The Labute approximate surface area is 417 Å². The molecule has 2 fully saturated rings. The fourth-order valence-electron chi connectivity index (χ4n) is 6.70. The third-order valence-electron chi connectivity index (χ3n) is 10.8. The van der Waals surface area contributed by atoms with E-state index in [4.69, 9.17) is 8.83 Å². The van der Waals surface area contributed by atoms with Crippen LogP contribution in [0.25, 0.3) is 22.9 Å². The molecular weight excluding hydrogens is 1070 g/mol. The van der Waals surface area contributed by atoms with E-state index in [0.717, 1.165) is 18.1 Å². The number of hydrogen-bond acceptors (Lipinski definition) is 17. The first kappa shape index (κ1) is 57.3. The fraction of sp³-hybridized carbons (Fsp3) is 0.442. The summed E-state index contributed by atoms with van der Waals surface area (Å²) in [5.41, 5.74) is -3.26. The van der Waals surface area contributed by atoms with Gasteiger partial charge in [-0.05, 0) is 68.0 Å². The molecule has 0 spiro atoms. The van der Waals surface area contributed by atoms with Crippen molar-refractivity contribution in [1.29, 1.82) is 0 Å². The maximum absolute atomic E-state index is 13.5. The minimum Gasteiger partial charge on any atom is -0.415 e. The van der Waals surface area contributed by atoms with Crippen LogP contribution >= 0.6 is 0 Å². The highest BCUT2D eigenvalue weighted by Crippen LogP contribution is 2.34. The van der Waals surface area contributed by atoms with Gasteiger partial charge >= 0.3 is 28.5 Å². The van der Waals surface area contributed by atoms with Crippen molar-refractivity contribution in [3.63, 3.8) is 0 Å². The lowest BCUT2D eigenvalue weighted by Crippen LogP contribution is -2.37. The summed E-state index contributed by atoms with van der Waals surface area (Å²) in [4.78, 5) is 16.9. The van der Waals surface area contributed by atoms with Crippen molar-refractivity contribution in [2.45, 2.75) is 93.1 Å². The zero-order valence-electron chi connectivity index (χ0n) is 38.8. The van der Waals surface area contributed by atoms with Gasteiger partial charge in [-0.1, -0.05) is 31.2 Å². The van der Waals surface area contributed by atoms with Crippen LogP contribution in [-0.4, -0.2) is 112 Å². The van der Waals surface area contributed by atoms with Crippen molar-refractivity contribution in [3.05, 3.63) is 120 Å². The van der Waals surface area contributed by atoms with Crippen molar-refractivity contribution < 1.29 is 77.8 Å². The number of aromatic nitrogens is 8. The molecule has 2 atom stereocenters. The SMILES string of the molecule is CCN(CC(Cc1ncc(-c2nnc(C(F)F)o2)cn1)c1ccc(F)cc1)S(=O)(=O)C1CC1.CCOS(=O)(=O)C(F)(F)F.O=S(=O)(NCC(Cc1ncc(-c2nnc(C(F)F)o2)cn1)c1ccc(F)cc1)C1CC1. The molecule has 0 amide bonds. The second kappa shape index (κ2) is 24.6. The molecule has 31 heteroatoms. The second-order valence-corrected chi connectivity index (χ2v) is 22.1. The second-order valence-electron chi connectivity index (χ2n) is 16.3. The standard InChI is InChI=1S/C21H22F3N5O3S.C19H18F3N5O3S.C3H5F3O3S/c1-2-29(33(30,31)17-7-8-17)12-14(13-3-5-16(22)6-4-13)9-18-25-10-15(11-26-18)20-27-28-21(32-20)19(23)24;20-14-3-1-11(2-4-14)12(10-25-31(28,29)15-5-6-15)7-16-23-8-13(9-24-16)18-26-27-19(30-18)17(21)22;1-2-9-10(7,8)3(4,5)6/h3-6,10-11,14,17,19H,2,7-9,12H2,1H3;1-4,8-9,12,15,17,25H,5-7,10H2;2H2,1H3. The quantitative estimate of drug-likeness (QED) is 0.0413. The largest absolute Gasteiger partial charge is 0.523 e. The van der Waals surface area contributed by atoms with Crippen LogP contribution < -0.4 is 4.72 Å². The molecule has 4 heterocycles. The number of sulfonamides is 2. The number of rotatable bonds is 21. The number of nitrogens with zero attached hydrogens (tertiary/aromatic N) is 9. The first-order valence-electron chi connectivity index (χ1n) is 22.2. The summed E-state index contributed by atoms with van der Waals surface area (Å²) in [5, 5.41) is 13.0. The van der Waals surface area contributed by atoms with Gasteiger partial charge in [0.1, 0.15) is 23.3 Å². The average Bonchev–Trinajstić information content (AvgIpc) is 4.30. The summed E-state index contributed by atoms with van der Waals surface area (Å²) >= 11 is 0. The minimum atomic E-state index is -5.35. The molecule has 2 unspecified atom stereocenters. The predicted octanol–water partition coefficient (Wildman–Crippen LogP) is 7.63. The number of alkyl halides is 7. The van der Waals surface area contributed by atoms with Crippen LogP contribution in [0.4, 0.5) is 39.5 Å². The topological polar surface area (TPSA) is 256 Å². The Morgan fingerprint density at radius 2 is 1.07 bits per heavy atom. The van der Waals surface area contributed by atoms with E-state index in [2.05, 4.69) is 49.2 Å². The molecule has 74 heavy (non-hydrogen) atoms. The van der Waals surface area contributed by atoms with Crippen molar-refractivity contribution in [1.82, 2.24) is 49.4 Å². The van der Waals surface area contributed by atoms with E-state index in [1.807, 2.05) is 0 Å². The molecule has 2 saturated carbocycles. The van der Waals surface area contributed by atoms with Gasteiger partial charge in [0, 0.05) is 69.1 Å². The molecule has 2 aromatic carbocycles. The van der Waals surface area contributed by atoms with E-state index in [-0.39, 0.29) is 71.2 Å². The normalized spacial score (nSPS) is 15.1. The van der Waals surface area contributed by atoms with Gasteiger partial charge in [-0.25, -0.2) is 54.6 Å². The van der Waals surface area contributed by atoms with Crippen LogP contribution in [0.5, 0.6) is 0 Å². The summed E-state index contributed by atoms with van der Waals surface area (Å²) in [5.74, 6) is -2.50. The monoisotopic (exact) mass is 1110 g/mol. The Morgan fingerprint density at radius 3 is 1.42 bits per heavy atom. The van der Waals surface area contributed by atoms with Gasteiger partial charge in [0.15, 0.2) is 0 Å². The van der Waals surface area contributed by atoms with Gasteiger partial charge in [-0.2, -0.15) is 39.2 Å². The molecule has 4 aromatic heterocycles. The van der Waals surface area contributed by atoms with Crippen LogP contribution in [0.3, 0.4) is 0 Å². The summed E-state index contributed by atoms with van der Waals surface area (Å²) in [6.45, 7) is 3.06. The Balaban J connectivity index is 0.000000204. The van der Waals surface area contributed by atoms with E-state index < -0.39 is 78.5 Å². The summed E-state index contributed by atoms with van der Waals surface area (Å²) in [6.07, 6.45) is 2.89. The molecule has 1 N–H and O–H groups in total. The molecule has 2 aliphatic carbocycles. The van der Waals surface area contributed by atoms with Gasteiger partial charge in [0.25, 0.3) is 23.6 Å². The minimum absolute atomic E-state index is 0.108. The molecule has 0 aliphatic heterocycles. The summed E-state index contributed by atoms with van der Waals surface area (Å²) in [6, 6.07) is 11.7. The molecule has 0 bridgehead atoms. The average molecular weight is 1110 g/mol. The van der Waals surface area contributed by atoms with Crippen LogP contribution in [0, 0.1) is 11.6 Å². The highest BCUT2D eigenvalue weighted by Gasteiger charge is 2.47. The highest BCUT2D eigenvalue weighted by molar-refractivity contribution is 7.90. The lowest BCUT2D eigenvalue weighted by molar-refractivity contribution is -0.0539. The van der Waals surface area contributed by atoms with E-state index in [9.17, 15) is 64.8 Å². The zero-order chi connectivity index (χ0) is 54.0. The molecule has 0 radical (unpaired) electrons. The van der Waals surface area contributed by atoms with Crippen molar-refractivity contribution in [2.24, 2.45) is 0 Å². The summed E-state index contributed by atoms with van der Waals surface area (Å²) in [7, 11) is -12.1. The van der Waals surface area contributed by atoms with Crippen LogP contribution in [0.1, 0.15) is 98.8 Å². The fourth-order valence-corrected chi connectivity index (χ4v) is 10.5. The molecule has 8 rings (SSSR count). The third kappa shape index (κ3) is 15.8. The van der Waals surface area contributed by atoms with Crippen molar-refractivity contribution in [3.8, 4) is 22.9 Å². The molecule has 6 aromatic rings. The maximum atomic E-state index is 13.5. The van der Waals surface area contributed by atoms with Gasteiger partial charge in [-0.3, -0.25) is 4.18 Å². The highest BCUT2D eigenvalue weighted by atomic mass is 32.2. The third-order valence-corrected chi connectivity index (χ3v) is 16.3. The van der Waals surface area contributed by atoms with Crippen molar-refractivity contribution in [2.75, 3.05) is 26.2 Å². The lowest BCUT2D eigenvalue weighted by atomic mass is 9.95. The Kier molecular flexibility index (Phi) is 19.0. The summed E-state index contributed by atoms with van der Waals surface area (Å²) < 4.78 is 198. The number of likely N-dealkylation sites (N-methyl/N-ethyl adjacent to an activating group) is 1. The van der Waals surface area contributed by atoms with Gasteiger partial charge in [-0.15, -0.1) is 20.4 Å². The lowest BCUT2D eigenvalue weighted by Gasteiger charge is -2.26. The Bertz CT molecular complexity index is 3100. The Morgan fingerprint density at radius 1 is 0.649 bits per heavy atom. The van der Waals surface area contributed by atoms with Gasteiger partial charge < -0.3 is 8.83 Å². The van der Waals surface area contributed by atoms with E-state index in [1.54, 1.807) is 31.2 Å². The Hall–Kier alpha value is -6.02. The zero-order valence-corrected chi connectivity index (χ0v) is 41.2. The molecule has 2 aliphatic rings. The van der Waals surface area contributed by atoms with E-state index in [1.165, 1.54) is 53.4 Å². The molecular formula is C43H45F9N10O9S3.